The number of rotatable bonds is 8. The van der Waals surface area contributed by atoms with Crippen LogP contribution in [0.2, 0.25) is 0 Å². The summed E-state index contributed by atoms with van der Waals surface area (Å²) in [5.74, 6) is 1.80. The third kappa shape index (κ3) is 8.96. The average Bonchev–Trinajstić information content (AvgIpc) is 2.88. The molecule has 6 nitrogen and oxygen atoms in total. The van der Waals surface area contributed by atoms with Gasteiger partial charge in [0.15, 0.2) is 5.96 Å². The topological polar surface area (TPSA) is 52.1 Å². The number of aryl methyl sites for hydroxylation is 1. The van der Waals surface area contributed by atoms with Gasteiger partial charge in [0, 0.05) is 45.3 Å². The molecule has 1 aliphatic heterocycles. The zero-order valence-electron chi connectivity index (χ0n) is 18.0. The third-order valence-corrected chi connectivity index (χ3v) is 4.89. The van der Waals surface area contributed by atoms with E-state index in [4.69, 9.17) is 4.74 Å². The molecule has 0 atom stereocenters. The number of guanidine groups is 1. The molecule has 0 unspecified atom stereocenters. The van der Waals surface area contributed by atoms with Gasteiger partial charge in [0.1, 0.15) is 5.75 Å². The van der Waals surface area contributed by atoms with E-state index in [9.17, 15) is 0 Å². The minimum atomic E-state index is 0. The molecule has 0 bridgehead atoms. The molecule has 2 rings (SSSR count). The molecule has 2 N–H and O–H groups in total. The third-order valence-electron chi connectivity index (χ3n) is 4.89. The summed E-state index contributed by atoms with van der Waals surface area (Å²) < 4.78 is 5.90. The molecule has 1 fully saturated rings. The minimum Gasteiger partial charge on any atom is -0.493 e. The number of ether oxygens (including phenoxy) is 1. The Kier molecular flexibility index (Phi) is 12.5. The van der Waals surface area contributed by atoms with Crippen LogP contribution in [-0.2, 0) is 6.54 Å². The Balaban J connectivity index is 0.00000392. The van der Waals surface area contributed by atoms with Crippen LogP contribution in [0.1, 0.15) is 30.9 Å². The number of halogens is 1. The molecule has 0 spiro atoms. The molecule has 1 aliphatic rings. The Bertz CT molecular complexity index is 596. The van der Waals surface area contributed by atoms with E-state index in [0.29, 0.717) is 6.54 Å². The number of hydrogen-bond acceptors (Lipinski definition) is 4. The van der Waals surface area contributed by atoms with Crippen LogP contribution in [0.25, 0.3) is 0 Å². The van der Waals surface area contributed by atoms with Gasteiger partial charge in [-0.15, -0.1) is 24.0 Å². The maximum atomic E-state index is 5.90. The Hall–Kier alpha value is -1.06. The van der Waals surface area contributed by atoms with Crippen LogP contribution in [0.5, 0.6) is 5.75 Å². The summed E-state index contributed by atoms with van der Waals surface area (Å²) in [4.78, 5) is 9.29. The minimum absolute atomic E-state index is 0. The summed E-state index contributed by atoms with van der Waals surface area (Å²) >= 11 is 0. The van der Waals surface area contributed by atoms with Gasteiger partial charge in [-0.2, -0.15) is 0 Å². The number of nitrogens with zero attached hydrogens (tertiary/aromatic N) is 3. The van der Waals surface area contributed by atoms with Gasteiger partial charge in [-0.1, -0.05) is 19.1 Å². The van der Waals surface area contributed by atoms with E-state index in [2.05, 4.69) is 64.5 Å². The highest BCUT2D eigenvalue weighted by molar-refractivity contribution is 14.0. The van der Waals surface area contributed by atoms with Crippen LogP contribution in [0.3, 0.4) is 0 Å². The molecule has 0 radical (unpaired) electrons. The molecule has 0 amide bonds. The van der Waals surface area contributed by atoms with Crippen molar-refractivity contribution in [3.8, 4) is 5.75 Å². The average molecular weight is 503 g/mol. The SMILES string of the molecule is CCCOc1cc(C)ccc1CNC(=NC)NCCN1CCCN(C)CC1.I. The smallest absolute Gasteiger partial charge is 0.191 e. The van der Waals surface area contributed by atoms with Crippen molar-refractivity contribution >= 4 is 29.9 Å². The quantitative estimate of drug-likeness (QED) is 0.325. The van der Waals surface area contributed by atoms with Gasteiger partial charge in [0.05, 0.1) is 6.61 Å². The van der Waals surface area contributed by atoms with Crippen LogP contribution >= 0.6 is 24.0 Å². The van der Waals surface area contributed by atoms with Crippen molar-refractivity contribution in [2.45, 2.75) is 33.2 Å². The predicted molar refractivity (Wildman–Crippen MR) is 129 cm³/mol. The van der Waals surface area contributed by atoms with Crippen molar-refractivity contribution in [1.82, 2.24) is 20.4 Å². The van der Waals surface area contributed by atoms with Crippen LogP contribution in [-0.4, -0.2) is 75.7 Å². The summed E-state index contributed by atoms with van der Waals surface area (Å²) in [7, 11) is 4.02. The van der Waals surface area contributed by atoms with Crippen LogP contribution < -0.4 is 15.4 Å². The molecule has 1 aromatic carbocycles. The van der Waals surface area contributed by atoms with E-state index >= 15 is 0 Å². The lowest BCUT2D eigenvalue weighted by molar-refractivity contribution is 0.280. The first kappa shape index (κ1) is 25.0. The van der Waals surface area contributed by atoms with Crippen LogP contribution in [0, 0.1) is 6.92 Å². The van der Waals surface area contributed by atoms with E-state index in [1.165, 1.54) is 25.1 Å². The van der Waals surface area contributed by atoms with Crippen molar-refractivity contribution in [1.29, 1.82) is 0 Å². The summed E-state index contributed by atoms with van der Waals surface area (Å²) in [6.07, 6.45) is 2.26. The summed E-state index contributed by atoms with van der Waals surface area (Å²) in [5, 5.41) is 6.85. The summed E-state index contributed by atoms with van der Waals surface area (Å²) in [5.41, 5.74) is 2.38. The first-order valence-electron chi connectivity index (χ1n) is 10.2. The molecular weight excluding hydrogens is 465 g/mol. The normalized spacial score (nSPS) is 16.2. The highest BCUT2D eigenvalue weighted by Gasteiger charge is 2.11. The lowest BCUT2D eigenvalue weighted by Crippen LogP contribution is -2.42. The van der Waals surface area contributed by atoms with Crippen molar-refractivity contribution in [2.24, 2.45) is 4.99 Å². The maximum absolute atomic E-state index is 5.90. The monoisotopic (exact) mass is 503 g/mol. The maximum Gasteiger partial charge on any atom is 0.191 e. The number of likely N-dealkylation sites (N-methyl/N-ethyl adjacent to an activating group) is 1. The van der Waals surface area contributed by atoms with E-state index in [0.717, 1.165) is 56.5 Å². The van der Waals surface area contributed by atoms with E-state index < -0.39 is 0 Å². The summed E-state index contributed by atoms with van der Waals surface area (Å²) in [6, 6.07) is 6.37. The van der Waals surface area contributed by atoms with Crippen LogP contribution in [0.15, 0.2) is 23.2 Å². The van der Waals surface area contributed by atoms with Gasteiger partial charge in [0.2, 0.25) is 0 Å². The number of aliphatic imine (C=N–C) groups is 1. The van der Waals surface area contributed by atoms with E-state index in [-0.39, 0.29) is 24.0 Å². The number of hydrogen-bond donors (Lipinski definition) is 2. The molecule has 0 aliphatic carbocycles. The molecule has 1 saturated heterocycles. The van der Waals surface area contributed by atoms with Gasteiger partial charge in [-0.3, -0.25) is 4.99 Å². The lowest BCUT2D eigenvalue weighted by Gasteiger charge is -2.21. The van der Waals surface area contributed by atoms with E-state index in [1.54, 1.807) is 0 Å². The Morgan fingerprint density at radius 2 is 2.00 bits per heavy atom. The van der Waals surface area contributed by atoms with Gasteiger partial charge in [-0.25, -0.2) is 0 Å². The first-order valence-corrected chi connectivity index (χ1v) is 10.2. The summed E-state index contributed by atoms with van der Waals surface area (Å²) in [6.45, 7) is 12.3. The fraction of sp³-hybridized carbons (Fsp3) is 0.667. The molecule has 1 aromatic rings. The largest absolute Gasteiger partial charge is 0.493 e. The zero-order valence-corrected chi connectivity index (χ0v) is 20.3. The predicted octanol–water partition coefficient (Wildman–Crippen LogP) is 2.70. The van der Waals surface area contributed by atoms with Gasteiger partial charge in [0.25, 0.3) is 0 Å². The van der Waals surface area contributed by atoms with Gasteiger partial charge >= 0.3 is 0 Å². The van der Waals surface area contributed by atoms with Crippen molar-refractivity contribution in [3.63, 3.8) is 0 Å². The van der Waals surface area contributed by atoms with Crippen LogP contribution in [0.4, 0.5) is 0 Å². The molecule has 28 heavy (non-hydrogen) atoms. The Morgan fingerprint density at radius 1 is 1.18 bits per heavy atom. The lowest BCUT2D eigenvalue weighted by atomic mass is 10.1. The zero-order chi connectivity index (χ0) is 19.5. The fourth-order valence-corrected chi connectivity index (χ4v) is 3.21. The van der Waals surface area contributed by atoms with Gasteiger partial charge < -0.3 is 25.2 Å². The molecular formula is C21H38IN5O. The fourth-order valence-electron chi connectivity index (χ4n) is 3.21. The molecule has 0 saturated carbocycles. The Morgan fingerprint density at radius 3 is 2.75 bits per heavy atom. The number of nitrogens with one attached hydrogen (secondary N) is 2. The first-order chi connectivity index (χ1) is 13.1. The van der Waals surface area contributed by atoms with Crippen molar-refractivity contribution < 1.29 is 4.74 Å². The Labute approximate surface area is 188 Å². The molecule has 1 heterocycles. The highest BCUT2D eigenvalue weighted by atomic mass is 127. The second kappa shape index (κ2) is 14.0. The van der Waals surface area contributed by atoms with E-state index in [1.807, 2.05) is 7.05 Å². The molecule has 7 heteroatoms. The molecule has 0 aromatic heterocycles. The van der Waals surface area contributed by atoms with Crippen molar-refractivity contribution in [2.75, 3.05) is 60.0 Å². The standard InChI is InChI=1S/C21H37N5O.HI/c1-5-15-27-20-16-18(2)7-8-19(20)17-24-21(22-3)23-9-12-26-11-6-10-25(4)13-14-26;/h7-8,16H,5-6,9-15,17H2,1-4H3,(H2,22,23,24);1H. The molecule has 160 valence electrons. The van der Waals surface area contributed by atoms with Gasteiger partial charge in [-0.05, 0) is 51.5 Å². The second-order valence-electron chi connectivity index (χ2n) is 7.31. The second-order valence-corrected chi connectivity index (χ2v) is 7.31. The highest BCUT2D eigenvalue weighted by Crippen LogP contribution is 2.20. The van der Waals surface area contributed by atoms with Crippen molar-refractivity contribution in [3.05, 3.63) is 29.3 Å². The number of benzene rings is 1.